The van der Waals surface area contributed by atoms with E-state index in [0.717, 1.165) is 16.5 Å². The molecule has 1 amide bonds. The number of carbonyl (C=O) groups is 1. The van der Waals surface area contributed by atoms with E-state index in [1.165, 1.54) is 18.1 Å². The van der Waals surface area contributed by atoms with Gasteiger partial charge in [0.2, 0.25) is 0 Å². The molecule has 3 heterocycles. The van der Waals surface area contributed by atoms with Crippen LogP contribution in [0.1, 0.15) is 6.42 Å². The number of para-hydroxylation sites is 1. The molecule has 1 aliphatic heterocycles. The Morgan fingerprint density at radius 1 is 1.26 bits per heavy atom. The van der Waals surface area contributed by atoms with Crippen molar-refractivity contribution in [2.24, 2.45) is 7.05 Å². The molecule has 0 radical (unpaired) electrons. The fraction of sp³-hybridized carbons (Fsp3) is 0.296. The molecular formula is C27H29N7O5. The van der Waals surface area contributed by atoms with E-state index >= 15 is 0 Å². The first kappa shape index (κ1) is 25.9. The predicted octanol–water partition coefficient (Wildman–Crippen LogP) is 4.49. The number of likely N-dealkylation sites (tertiary alicyclic amines) is 1. The number of likely N-dealkylation sites (N-methyl/N-ethyl adjacent to an activating group) is 1. The molecule has 5 rings (SSSR count). The number of amides is 1. The summed E-state index contributed by atoms with van der Waals surface area (Å²) in [5.74, 6) is 0.999. The van der Waals surface area contributed by atoms with Crippen LogP contribution in [-0.2, 0) is 11.8 Å². The minimum atomic E-state index is -1.02. The summed E-state index contributed by atoms with van der Waals surface area (Å²) in [6.07, 6.45) is 2.60. The third kappa shape index (κ3) is 5.06. The zero-order valence-corrected chi connectivity index (χ0v) is 21.8. The number of rotatable bonds is 7. The summed E-state index contributed by atoms with van der Waals surface area (Å²) in [6, 6.07) is 14.3. The van der Waals surface area contributed by atoms with E-state index in [4.69, 9.17) is 4.74 Å². The summed E-state index contributed by atoms with van der Waals surface area (Å²) < 4.78 is 7.66. The fourth-order valence-electron chi connectivity index (χ4n) is 5.19. The average molecular weight is 532 g/mol. The number of hydrogen-bond acceptors (Lipinski definition) is 8. The third-order valence-corrected chi connectivity index (χ3v) is 7.22. The van der Waals surface area contributed by atoms with Crippen LogP contribution in [0.15, 0.2) is 60.9 Å². The number of nitro benzene ring substituents is 1. The number of benzene rings is 2. The van der Waals surface area contributed by atoms with Crippen LogP contribution >= 0.6 is 0 Å². The number of methoxy groups -OCH3 is 1. The van der Waals surface area contributed by atoms with Gasteiger partial charge < -0.3 is 29.5 Å². The van der Waals surface area contributed by atoms with Gasteiger partial charge in [0, 0.05) is 62.7 Å². The Hall–Kier alpha value is -4.71. The Bertz CT molecular complexity index is 1540. The van der Waals surface area contributed by atoms with Crippen molar-refractivity contribution in [1.29, 1.82) is 0 Å². The minimum Gasteiger partial charge on any atom is -0.465 e. The maximum absolute atomic E-state index is 12.1. The van der Waals surface area contributed by atoms with Gasteiger partial charge in [-0.15, -0.1) is 0 Å². The van der Waals surface area contributed by atoms with Gasteiger partial charge >= 0.3 is 6.09 Å². The number of carboxylic acid groups (broad SMARTS) is 1. The highest BCUT2D eigenvalue weighted by atomic mass is 16.6. The summed E-state index contributed by atoms with van der Waals surface area (Å²) in [7, 11) is 5.27. The van der Waals surface area contributed by atoms with E-state index in [2.05, 4.69) is 15.3 Å². The lowest BCUT2D eigenvalue weighted by Crippen LogP contribution is -2.55. The largest absolute Gasteiger partial charge is 0.465 e. The second-order valence-electron chi connectivity index (χ2n) is 9.49. The maximum atomic E-state index is 12.1. The number of nitrogens with one attached hydrogen (secondary N) is 1. The van der Waals surface area contributed by atoms with Gasteiger partial charge in [-0.1, -0.05) is 6.07 Å². The number of aromatic nitrogens is 3. The molecule has 202 valence electrons. The van der Waals surface area contributed by atoms with Gasteiger partial charge in [0.1, 0.15) is 11.5 Å². The molecule has 2 aromatic heterocycles. The van der Waals surface area contributed by atoms with E-state index in [-0.39, 0.29) is 18.3 Å². The lowest BCUT2D eigenvalue weighted by atomic mass is 9.99. The van der Waals surface area contributed by atoms with Gasteiger partial charge in [-0.25, -0.2) is 14.8 Å². The van der Waals surface area contributed by atoms with Gasteiger partial charge in [-0.05, 0) is 42.8 Å². The summed E-state index contributed by atoms with van der Waals surface area (Å²) >= 11 is 0. The quantitative estimate of drug-likeness (QED) is 0.261. The monoisotopic (exact) mass is 531 g/mol. The Labute approximate surface area is 224 Å². The highest BCUT2D eigenvalue weighted by Gasteiger charge is 2.37. The van der Waals surface area contributed by atoms with Crippen molar-refractivity contribution < 1.29 is 19.6 Å². The first-order chi connectivity index (χ1) is 18.8. The fourth-order valence-corrected chi connectivity index (χ4v) is 5.19. The highest BCUT2D eigenvalue weighted by molar-refractivity contribution is 5.85. The van der Waals surface area contributed by atoms with E-state index in [1.807, 2.05) is 42.1 Å². The molecule has 12 heteroatoms. The Balaban J connectivity index is 1.48. The SMILES string of the molecule is COC1CN(C(=O)O)CCC1N(C)c1c(Nc2ccnc(-c3ccc4c(ccn4C)c3)n2)cccc1[N+](=O)[O-]. The first-order valence-electron chi connectivity index (χ1n) is 12.4. The van der Waals surface area contributed by atoms with Crippen molar-refractivity contribution in [3.8, 4) is 11.4 Å². The van der Waals surface area contributed by atoms with Crippen LogP contribution in [0.2, 0.25) is 0 Å². The molecule has 2 N–H and O–H groups in total. The number of hydrogen-bond donors (Lipinski definition) is 2. The Morgan fingerprint density at radius 2 is 2.08 bits per heavy atom. The van der Waals surface area contributed by atoms with Gasteiger partial charge in [-0.3, -0.25) is 10.1 Å². The number of aryl methyl sites for hydroxylation is 1. The summed E-state index contributed by atoms with van der Waals surface area (Å²) in [4.78, 5) is 35.4. The van der Waals surface area contributed by atoms with Crippen LogP contribution in [0.3, 0.4) is 0 Å². The normalized spacial score (nSPS) is 17.3. The molecule has 2 atom stereocenters. The summed E-state index contributed by atoms with van der Waals surface area (Å²) in [5, 5.41) is 25.8. The molecule has 0 bridgehead atoms. The third-order valence-electron chi connectivity index (χ3n) is 7.22. The van der Waals surface area contributed by atoms with Gasteiger partial charge in [0.05, 0.1) is 29.3 Å². The summed E-state index contributed by atoms with van der Waals surface area (Å²) in [6.45, 7) is 0.472. The number of piperidine rings is 1. The molecule has 2 unspecified atom stereocenters. The smallest absolute Gasteiger partial charge is 0.407 e. The molecule has 12 nitrogen and oxygen atoms in total. The molecule has 0 spiro atoms. The highest BCUT2D eigenvalue weighted by Crippen LogP contribution is 2.39. The number of nitrogens with zero attached hydrogens (tertiary/aromatic N) is 6. The molecule has 0 aliphatic carbocycles. The van der Waals surface area contributed by atoms with Crippen LogP contribution in [0, 0.1) is 10.1 Å². The van der Waals surface area contributed by atoms with Crippen molar-refractivity contribution in [2.75, 3.05) is 37.5 Å². The Kier molecular flexibility index (Phi) is 7.03. The molecule has 1 saturated heterocycles. The molecule has 1 fully saturated rings. The van der Waals surface area contributed by atoms with Gasteiger partial charge in [0.15, 0.2) is 5.82 Å². The van der Waals surface area contributed by atoms with Crippen molar-refractivity contribution >= 4 is 39.9 Å². The lowest BCUT2D eigenvalue weighted by Gasteiger charge is -2.42. The molecule has 39 heavy (non-hydrogen) atoms. The van der Waals surface area contributed by atoms with Crippen LogP contribution in [0.25, 0.3) is 22.3 Å². The van der Waals surface area contributed by atoms with E-state index in [1.54, 1.807) is 36.3 Å². The van der Waals surface area contributed by atoms with Crippen molar-refractivity contribution in [1.82, 2.24) is 19.4 Å². The van der Waals surface area contributed by atoms with E-state index < -0.39 is 17.1 Å². The molecule has 1 aliphatic rings. The second kappa shape index (κ2) is 10.6. The first-order valence-corrected chi connectivity index (χ1v) is 12.4. The molecular weight excluding hydrogens is 502 g/mol. The predicted molar refractivity (Wildman–Crippen MR) is 148 cm³/mol. The standard InChI is InChI=1S/C27H29N7O5/c1-31-13-10-17-15-18(7-8-20(17)31)26-28-12-9-24(30-26)29-19-5-4-6-22(34(37)38)25(19)32(2)21-11-14-33(27(35)36)16-23(21)39-3/h4-10,12-13,15,21,23H,11,14,16H2,1-3H3,(H,35,36)(H,28,29,30). The van der Waals surface area contributed by atoms with Crippen molar-refractivity contribution in [3.63, 3.8) is 0 Å². The van der Waals surface area contributed by atoms with Crippen LogP contribution in [-0.4, -0.2) is 75.0 Å². The maximum Gasteiger partial charge on any atom is 0.407 e. The zero-order chi connectivity index (χ0) is 27.7. The van der Waals surface area contributed by atoms with Gasteiger partial charge in [0.25, 0.3) is 5.69 Å². The molecule has 0 saturated carbocycles. The molecule has 4 aromatic rings. The Morgan fingerprint density at radius 3 is 2.82 bits per heavy atom. The zero-order valence-electron chi connectivity index (χ0n) is 21.8. The average Bonchev–Trinajstić information content (AvgIpc) is 3.32. The van der Waals surface area contributed by atoms with Crippen LogP contribution in [0.4, 0.5) is 27.7 Å². The summed E-state index contributed by atoms with van der Waals surface area (Å²) in [5.41, 5.74) is 2.72. The lowest BCUT2D eigenvalue weighted by molar-refractivity contribution is -0.384. The van der Waals surface area contributed by atoms with Crippen molar-refractivity contribution in [2.45, 2.75) is 18.6 Å². The number of ether oxygens (including phenoxy) is 1. The second-order valence-corrected chi connectivity index (χ2v) is 9.49. The number of nitro groups is 1. The van der Waals surface area contributed by atoms with Gasteiger partial charge in [-0.2, -0.15) is 0 Å². The topological polar surface area (TPSA) is 139 Å². The van der Waals surface area contributed by atoms with Crippen LogP contribution in [0.5, 0.6) is 0 Å². The van der Waals surface area contributed by atoms with Crippen LogP contribution < -0.4 is 10.2 Å². The van der Waals surface area contributed by atoms with E-state index in [0.29, 0.717) is 36.0 Å². The van der Waals surface area contributed by atoms with E-state index in [9.17, 15) is 20.0 Å². The minimum absolute atomic E-state index is 0.0816. The number of fused-ring (bicyclic) bond motifs is 1. The van der Waals surface area contributed by atoms with Crippen molar-refractivity contribution in [3.05, 3.63) is 71.0 Å². The number of anilines is 3. The molecule has 2 aromatic carbocycles.